The molecule has 0 unspecified atom stereocenters. The molecule has 1 aliphatic heterocycles. The summed E-state index contributed by atoms with van der Waals surface area (Å²) in [5.41, 5.74) is -0.407. The van der Waals surface area contributed by atoms with Crippen molar-refractivity contribution in [2.24, 2.45) is 0 Å². The first-order valence-corrected chi connectivity index (χ1v) is 11.3. The van der Waals surface area contributed by atoms with E-state index in [0.29, 0.717) is 25.9 Å². The zero-order valence-electron chi connectivity index (χ0n) is 15.8. The molecule has 1 amide bonds. The van der Waals surface area contributed by atoms with E-state index >= 15 is 0 Å². The van der Waals surface area contributed by atoms with Crippen molar-refractivity contribution in [3.8, 4) is 5.75 Å². The van der Waals surface area contributed by atoms with Crippen LogP contribution in [0.2, 0.25) is 0 Å². The van der Waals surface area contributed by atoms with E-state index in [-0.39, 0.29) is 29.6 Å². The number of carbonyl (C=O) groups is 1. The lowest BCUT2D eigenvalue weighted by atomic mass is 10.2. The minimum absolute atomic E-state index is 0.00414. The van der Waals surface area contributed by atoms with Crippen LogP contribution in [0.1, 0.15) is 11.3 Å². The number of nitro groups is 1. The number of rotatable bonds is 7. The molecule has 2 heterocycles. The number of thiophene rings is 1. The first-order chi connectivity index (χ1) is 13.8. The van der Waals surface area contributed by atoms with Gasteiger partial charge in [0.1, 0.15) is 0 Å². The molecular weight excluding hydrogens is 418 g/mol. The first-order valence-electron chi connectivity index (χ1n) is 8.95. The van der Waals surface area contributed by atoms with E-state index in [4.69, 9.17) is 4.74 Å². The Labute approximate surface area is 172 Å². The lowest BCUT2D eigenvalue weighted by Crippen LogP contribution is -2.50. The summed E-state index contributed by atoms with van der Waals surface area (Å²) >= 11 is 1.60. The predicted octanol–water partition coefficient (Wildman–Crippen LogP) is 2.13. The zero-order valence-corrected chi connectivity index (χ0v) is 17.4. The minimum atomic E-state index is -3.90. The third kappa shape index (κ3) is 4.74. The van der Waals surface area contributed by atoms with E-state index in [0.717, 1.165) is 10.9 Å². The SMILES string of the molecule is COc1ccc(S(=O)(=O)N2CCN(C(=O)CCc3cccs3)CC2)cc1[N+](=O)[O-]. The number of nitro benzene ring substituents is 1. The summed E-state index contributed by atoms with van der Waals surface area (Å²) in [5, 5.41) is 13.1. The van der Waals surface area contributed by atoms with E-state index < -0.39 is 20.6 Å². The van der Waals surface area contributed by atoms with Crippen molar-refractivity contribution in [2.75, 3.05) is 33.3 Å². The Morgan fingerprint density at radius 3 is 2.55 bits per heavy atom. The fourth-order valence-corrected chi connectivity index (χ4v) is 5.29. The molecule has 0 N–H and O–H groups in total. The molecule has 1 fully saturated rings. The highest BCUT2D eigenvalue weighted by atomic mass is 32.2. The van der Waals surface area contributed by atoms with Crippen LogP contribution in [0.25, 0.3) is 0 Å². The van der Waals surface area contributed by atoms with Gasteiger partial charge in [-0.3, -0.25) is 14.9 Å². The molecule has 2 aromatic rings. The van der Waals surface area contributed by atoms with Crippen molar-refractivity contribution in [3.63, 3.8) is 0 Å². The van der Waals surface area contributed by atoms with Gasteiger partial charge in [-0.15, -0.1) is 11.3 Å². The molecule has 0 aliphatic carbocycles. The second kappa shape index (κ2) is 8.89. The van der Waals surface area contributed by atoms with E-state index in [9.17, 15) is 23.3 Å². The first kappa shape index (κ1) is 21.2. The maximum atomic E-state index is 12.9. The normalized spacial score (nSPS) is 15.3. The number of ether oxygens (including phenoxy) is 1. The van der Waals surface area contributed by atoms with Crippen molar-refractivity contribution in [2.45, 2.75) is 17.7 Å². The molecule has 156 valence electrons. The number of benzene rings is 1. The van der Waals surface area contributed by atoms with Gasteiger partial charge in [0.25, 0.3) is 0 Å². The van der Waals surface area contributed by atoms with Crippen LogP contribution >= 0.6 is 11.3 Å². The highest BCUT2D eigenvalue weighted by Gasteiger charge is 2.31. The second-order valence-corrected chi connectivity index (χ2v) is 9.43. The molecule has 0 bridgehead atoms. The van der Waals surface area contributed by atoms with Gasteiger partial charge in [0, 0.05) is 43.5 Å². The summed E-state index contributed by atoms with van der Waals surface area (Å²) in [6.07, 6.45) is 1.06. The minimum Gasteiger partial charge on any atom is -0.490 e. The molecule has 9 nitrogen and oxygen atoms in total. The summed E-state index contributed by atoms with van der Waals surface area (Å²) in [5.74, 6) is -0.00867. The summed E-state index contributed by atoms with van der Waals surface area (Å²) in [7, 11) is -2.62. The van der Waals surface area contributed by atoms with Gasteiger partial charge < -0.3 is 9.64 Å². The molecular formula is C18H21N3O6S2. The maximum Gasteiger partial charge on any atom is 0.312 e. The number of aryl methyl sites for hydroxylation is 1. The molecule has 1 aromatic carbocycles. The Morgan fingerprint density at radius 2 is 1.97 bits per heavy atom. The maximum absolute atomic E-state index is 12.9. The highest BCUT2D eigenvalue weighted by molar-refractivity contribution is 7.89. The Kier molecular flexibility index (Phi) is 6.50. The van der Waals surface area contributed by atoms with E-state index in [1.54, 1.807) is 16.2 Å². The molecule has 0 spiro atoms. The number of carbonyl (C=O) groups excluding carboxylic acids is 1. The Hall–Kier alpha value is -2.50. The van der Waals surface area contributed by atoms with Gasteiger partial charge in [0.15, 0.2) is 5.75 Å². The van der Waals surface area contributed by atoms with Crippen molar-refractivity contribution < 1.29 is 22.9 Å². The lowest BCUT2D eigenvalue weighted by Gasteiger charge is -2.34. The molecule has 1 aromatic heterocycles. The monoisotopic (exact) mass is 439 g/mol. The van der Waals surface area contributed by atoms with Crippen LogP contribution in [0.5, 0.6) is 5.75 Å². The van der Waals surface area contributed by atoms with Crippen LogP contribution in [0.4, 0.5) is 5.69 Å². The largest absolute Gasteiger partial charge is 0.490 e. The van der Waals surface area contributed by atoms with Crippen molar-refractivity contribution in [1.82, 2.24) is 9.21 Å². The van der Waals surface area contributed by atoms with Crippen LogP contribution < -0.4 is 4.74 Å². The average Bonchev–Trinajstić information content (AvgIpc) is 3.25. The summed E-state index contributed by atoms with van der Waals surface area (Å²) in [6, 6.07) is 7.50. The number of amides is 1. The molecule has 0 saturated carbocycles. The van der Waals surface area contributed by atoms with E-state index in [1.165, 1.54) is 23.5 Å². The molecule has 1 aliphatic rings. The number of methoxy groups -OCH3 is 1. The zero-order chi connectivity index (χ0) is 21.0. The number of hydrogen-bond donors (Lipinski definition) is 0. The van der Waals surface area contributed by atoms with Crippen LogP contribution in [0.15, 0.2) is 40.6 Å². The summed E-state index contributed by atoms with van der Waals surface area (Å²) in [6.45, 7) is 0.876. The van der Waals surface area contributed by atoms with Crippen molar-refractivity contribution >= 4 is 33.0 Å². The fraction of sp³-hybridized carbons (Fsp3) is 0.389. The predicted molar refractivity (Wildman–Crippen MR) is 108 cm³/mol. The van der Waals surface area contributed by atoms with Gasteiger partial charge >= 0.3 is 5.69 Å². The van der Waals surface area contributed by atoms with Crippen LogP contribution in [-0.4, -0.2) is 61.7 Å². The third-order valence-corrected chi connectivity index (χ3v) is 7.57. The van der Waals surface area contributed by atoms with Crippen molar-refractivity contribution in [3.05, 3.63) is 50.7 Å². The van der Waals surface area contributed by atoms with Gasteiger partial charge in [-0.25, -0.2) is 8.42 Å². The number of hydrogen-bond acceptors (Lipinski definition) is 7. The quantitative estimate of drug-likeness (QED) is 0.483. The number of nitrogens with zero attached hydrogens (tertiary/aromatic N) is 3. The molecule has 0 radical (unpaired) electrons. The standard InChI is InChI=1S/C18H21N3O6S2/c1-27-17-6-5-15(13-16(17)21(23)24)29(25,26)20-10-8-19(9-11-20)18(22)7-4-14-3-2-12-28-14/h2-3,5-6,12-13H,4,7-11H2,1H3. The molecule has 11 heteroatoms. The van der Waals surface area contributed by atoms with Crippen molar-refractivity contribution in [1.29, 1.82) is 0 Å². The topological polar surface area (TPSA) is 110 Å². The van der Waals surface area contributed by atoms with E-state index in [2.05, 4.69) is 0 Å². The Balaban J connectivity index is 1.64. The van der Waals surface area contributed by atoms with E-state index in [1.807, 2.05) is 17.5 Å². The Bertz CT molecular complexity index is 983. The molecule has 0 atom stereocenters. The van der Waals surface area contributed by atoms with Gasteiger partial charge in [0.05, 0.1) is 16.9 Å². The van der Waals surface area contributed by atoms with Gasteiger partial charge in [0.2, 0.25) is 15.9 Å². The van der Waals surface area contributed by atoms with Gasteiger partial charge in [-0.05, 0) is 30.0 Å². The van der Waals surface area contributed by atoms with Crippen LogP contribution in [0.3, 0.4) is 0 Å². The fourth-order valence-electron chi connectivity index (χ4n) is 3.14. The smallest absolute Gasteiger partial charge is 0.312 e. The number of sulfonamides is 1. The molecule has 1 saturated heterocycles. The Morgan fingerprint density at radius 1 is 1.24 bits per heavy atom. The molecule has 29 heavy (non-hydrogen) atoms. The number of piperazine rings is 1. The van der Waals surface area contributed by atoms with Gasteiger partial charge in [-0.2, -0.15) is 4.31 Å². The second-order valence-electron chi connectivity index (χ2n) is 6.46. The van der Waals surface area contributed by atoms with Crippen LogP contribution in [0, 0.1) is 10.1 Å². The van der Waals surface area contributed by atoms with Gasteiger partial charge in [-0.1, -0.05) is 6.07 Å². The molecule has 3 rings (SSSR count). The lowest BCUT2D eigenvalue weighted by molar-refractivity contribution is -0.386. The summed E-state index contributed by atoms with van der Waals surface area (Å²) < 4.78 is 31.9. The average molecular weight is 440 g/mol. The third-order valence-electron chi connectivity index (χ3n) is 4.74. The van der Waals surface area contributed by atoms with Crippen LogP contribution in [-0.2, 0) is 21.2 Å². The highest BCUT2D eigenvalue weighted by Crippen LogP contribution is 2.30. The summed E-state index contributed by atoms with van der Waals surface area (Å²) in [4.78, 5) is 25.5.